The van der Waals surface area contributed by atoms with Crippen LogP contribution in [0.3, 0.4) is 0 Å². The number of carboxylic acids is 1. The van der Waals surface area contributed by atoms with E-state index in [1.165, 1.54) is 16.8 Å². The summed E-state index contributed by atoms with van der Waals surface area (Å²) in [4.78, 5) is 21.7. The zero-order valence-corrected chi connectivity index (χ0v) is 26.8. The van der Waals surface area contributed by atoms with Crippen LogP contribution in [0.2, 0.25) is 0 Å². The molecule has 2 atom stereocenters. The monoisotopic (exact) mass is 664 g/mol. The van der Waals surface area contributed by atoms with Crippen molar-refractivity contribution < 1.29 is 27.8 Å². The van der Waals surface area contributed by atoms with Gasteiger partial charge in [-0.15, -0.1) is 0 Å². The van der Waals surface area contributed by atoms with Gasteiger partial charge in [-0.2, -0.15) is 28.2 Å². The average molecular weight is 665 g/mol. The average Bonchev–Trinajstić information content (AvgIpc) is 3.69. The van der Waals surface area contributed by atoms with Crippen molar-refractivity contribution in [2.45, 2.75) is 58.0 Å². The maximum absolute atomic E-state index is 14.9. The van der Waals surface area contributed by atoms with Gasteiger partial charge in [-0.3, -0.25) is 4.79 Å². The number of anilines is 2. The number of nitrogens with two attached hydrogens (primary N) is 1. The number of ether oxygens (including phenoxy) is 1. The van der Waals surface area contributed by atoms with Gasteiger partial charge in [0.25, 0.3) is 0 Å². The number of benzene rings is 2. The maximum Gasteiger partial charge on any atom is 0.429 e. The van der Waals surface area contributed by atoms with E-state index in [1.54, 1.807) is 31.3 Å². The number of hydrogen-bond donors (Lipinski definition) is 4. The molecule has 0 aliphatic carbocycles. The molecule has 14 heteroatoms. The number of aliphatic carboxylic acids is 1. The third-order valence-corrected chi connectivity index (χ3v) is 9.20. The fraction of sp³-hybridized carbons (Fsp3) is 0.412. The van der Waals surface area contributed by atoms with Gasteiger partial charge in [0, 0.05) is 44.0 Å². The Bertz CT molecular complexity index is 1750. The molecule has 254 valence electrons. The van der Waals surface area contributed by atoms with Crippen molar-refractivity contribution in [3.8, 4) is 22.7 Å². The van der Waals surface area contributed by atoms with Crippen LogP contribution in [0.4, 0.5) is 24.9 Å². The Morgan fingerprint density at radius 2 is 1.85 bits per heavy atom. The first-order valence-corrected chi connectivity index (χ1v) is 16.0. The number of nitrogens with zero attached hydrogens (tertiary/aromatic N) is 5. The van der Waals surface area contributed by atoms with Crippen LogP contribution < -0.4 is 26.0 Å². The topological polar surface area (TPSA) is 143 Å². The summed E-state index contributed by atoms with van der Waals surface area (Å²) in [5.41, 5.74) is 9.24. The third kappa shape index (κ3) is 7.24. The number of piperidine rings is 1. The molecule has 11 nitrogen and oxygen atoms in total. The second kappa shape index (κ2) is 13.4. The first-order valence-electron chi connectivity index (χ1n) is 16.0. The molecule has 2 aliphatic rings. The van der Waals surface area contributed by atoms with E-state index in [0.29, 0.717) is 50.4 Å². The smallest absolute Gasteiger partial charge is 0.429 e. The molecule has 6 rings (SSSR count). The van der Waals surface area contributed by atoms with Crippen molar-refractivity contribution in [1.29, 1.82) is 0 Å². The summed E-state index contributed by atoms with van der Waals surface area (Å²) in [5.74, 6) is -1.04. The zero-order chi connectivity index (χ0) is 34.1. The van der Waals surface area contributed by atoms with Crippen LogP contribution >= 0.6 is 0 Å². The Morgan fingerprint density at radius 1 is 1.12 bits per heavy atom. The minimum Gasteiger partial charge on any atom is -0.480 e. The van der Waals surface area contributed by atoms with Gasteiger partial charge < -0.3 is 31.1 Å². The minimum absolute atomic E-state index is 0.140. The molecule has 0 amide bonds. The molecule has 48 heavy (non-hydrogen) atoms. The van der Waals surface area contributed by atoms with Gasteiger partial charge in [0.05, 0.1) is 11.4 Å². The van der Waals surface area contributed by atoms with Crippen molar-refractivity contribution in [2.24, 2.45) is 5.41 Å². The Balaban J connectivity index is 1.28. The lowest BCUT2D eigenvalue weighted by molar-refractivity contribution is -0.198. The second-order valence-electron chi connectivity index (χ2n) is 12.6. The van der Waals surface area contributed by atoms with E-state index in [0.717, 1.165) is 29.8 Å². The van der Waals surface area contributed by atoms with Crippen LogP contribution in [-0.2, 0) is 11.3 Å². The minimum atomic E-state index is -4.82. The van der Waals surface area contributed by atoms with E-state index < -0.39 is 24.3 Å². The lowest BCUT2D eigenvalue weighted by Crippen LogP contribution is -2.41. The lowest BCUT2D eigenvalue weighted by Gasteiger charge is -2.39. The normalized spacial score (nSPS) is 18.3. The number of rotatable bonds is 10. The first-order chi connectivity index (χ1) is 22.9. The van der Waals surface area contributed by atoms with E-state index in [-0.39, 0.29) is 28.5 Å². The largest absolute Gasteiger partial charge is 0.480 e. The molecule has 2 aromatic carbocycles. The predicted octanol–water partition coefficient (Wildman–Crippen LogP) is 5.04. The highest BCUT2D eigenvalue weighted by Crippen LogP contribution is 2.42. The molecule has 1 spiro atoms. The molecule has 2 saturated heterocycles. The standard InChI is InChI=1S/C34H39F3N8O3/c1-3-39-19-22-4-6-23(7-5-22)24-8-9-25(27(16-24)45-13-10-21(2)43-45)30(34(35,36)37)48-29-17-28(41-32(38)42-29)44-14-11-33(12-15-44)18-26(31(46)47)40-20-33/h4-10,13,16-17,26,30,39-40H,3,11-12,14-15,18-20H2,1-2H3,(H,46,47)(H2,38,41,42)/t26-,30+/m0/s1. The number of nitrogen functional groups attached to an aromatic ring is 1. The number of carboxylic acid groups (broad SMARTS) is 1. The van der Waals surface area contributed by atoms with Gasteiger partial charge in [0.1, 0.15) is 11.9 Å². The Kier molecular flexibility index (Phi) is 9.30. The van der Waals surface area contributed by atoms with Crippen molar-refractivity contribution >= 4 is 17.7 Å². The van der Waals surface area contributed by atoms with Gasteiger partial charge >= 0.3 is 12.1 Å². The second-order valence-corrected chi connectivity index (χ2v) is 12.6. The molecule has 0 radical (unpaired) electrons. The fourth-order valence-electron chi connectivity index (χ4n) is 6.54. The van der Waals surface area contributed by atoms with E-state index in [1.807, 2.05) is 36.1 Å². The number of aromatic nitrogens is 4. The third-order valence-electron chi connectivity index (χ3n) is 9.20. The molecule has 2 aliphatic heterocycles. The molecular weight excluding hydrogens is 625 g/mol. The number of carbonyl (C=O) groups is 1. The number of aryl methyl sites for hydroxylation is 1. The van der Waals surface area contributed by atoms with Crippen LogP contribution in [0, 0.1) is 12.3 Å². The number of alkyl halides is 3. The molecular formula is C34H39F3N8O3. The van der Waals surface area contributed by atoms with Gasteiger partial charge in [-0.1, -0.05) is 43.3 Å². The van der Waals surface area contributed by atoms with Crippen LogP contribution in [0.1, 0.15) is 49.1 Å². The Labute approximate surface area is 276 Å². The molecule has 5 N–H and O–H groups in total. The van der Waals surface area contributed by atoms with E-state index in [9.17, 15) is 23.1 Å². The molecule has 2 fully saturated rings. The summed E-state index contributed by atoms with van der Waals surface area (Å²) < 4.78 is 51.7. The molecule has 2 aromatic heterocycles. The van der Waals surface area contributed by atoms with E-state index in [4.69, 9.17) is 10.5 Å². The molecule has 0 saturated carbocycles. The zero-order valence-electron chi connectivity index (χ0n) is 26.8. The van der Waals surface area contributed by atoms with Gasteiger partial charge in [-0.25, -0.2) is 4.68 Å². The van der Waals surface area contributed by atoms with Crippen molar-refractivity contribution in [3.05, 3.63) is 77.6 Å². The van der Waals surface area contributed by atoms with Crippen molar-refractivity contribution in [3.63, 3.8) is 0 Å². The fourth-order valence-corrected chi connectivity index (χ4v) is 6.54. The highest BCUT2D eigenvalue weighted by Gasteiger charge is 2.46. The lowest BCUT2D eigenvalue weighted by atomic mass is 9.76. The molecule has 0 unspecified atom stereocenters. The summed E-state index contributed by atoms with van der Waals surface area (Å²) in [7, 11) is 0. The van der Waals surface area contributed by atoms with Crippen molar-refractivity contribution in [1.82, 2.24) is 30.4 Å². The van der Waals surface area contributed by atoms with Crippen molar-refractivity contribution in [2.75, 3.05) is 36.8 Å². The highest BCUT2D eigenvalue weighted by molar-refractivity contribution is 5.74. The van der Waals surface area contributed by atoms with E-state index in [2.05, 4.69) is 25.7 Å². The Hall–Kier alpha value is -4.69. The van der Waals surface area contributed by atoms with Gasteiger partial charge in [0.15, 0.2) is 0 Å². The summed E-state index contributed by atoms with van der Waals surface area (Å²) in [6, 6.07) is 15.1. The number of hydrogen-bond acceptors (Lipinski definition) is 9. The van der Waals surface area contributed by atoms with Gasteiger partial charge in [0.2, 0.25) is 17.9 Å². The summed E-state index contributed by atoms with van der Waals surface area (Å²) >= 11 is 0. The molecule has 4 aromatic rings. The summed E-state index contributed by atoms with van der Waals surface area (Å²) in [6.07, 6.45) is -3.66. The number of nitrogens with one attached hydrogen (secondary N) is 2. The number of halogens is 3. The highest BCUT2D eigenvalue weighted by atomic mass is 19.4. The maximum atomic E-state index is 14.9. The molecule has 0 bridgehead atoms. The predicted molar refractivity (Wildman–Crippen MR) is 175 cm³/mol. The first kappa shape index (κ1) is 33.2. The van der Waals surface area contributed by atoms with Crippen LogP contribution in [0.5, 0.6) is 5.88 Å². The molecule has 4 heterocycles. The van der Waals surface area contributed by atoms with Crippen LogP contribution in [-0.4, -0.2) is 69.2 Å². The van der Waals surface area contributed by atoms with Crippen LogP contribution in [0.15, 0.2) is 60.8 Å². The quantitative estimate of drug-likeness (QED) is 0.182. The van der Waals surface area contributed by atoms with Gasteiger partial charge in [-0.05, 0) is 67.0 Å². The summed E-state index contributed by atoms with van der Waals surface area (Å²) in [6.45, 7) is 7.03. The summed E-state index contributed by atoms with van der Waals surface area (Å²) in [5, 5.41) is 20.2. The SMILES string of the molecule is CCNCc1ccc(-c2ccc([C@@H](Oc3cc(N4CCC5(CC4)CN[C@H](C(=O)O)C5)nc(N)n3)C(F)(F)F)c(-n3ccc(C)n3)c2)cc1. The van der Waals surface area contributed by atoms with E-state index >= 15 is 0 Å². The van der Waals surface area contributed by atoms with Crippen LogP contribution in [0.25, 0.3) is 16.8 Å². The Morgan fingerprint density at radius 3 is 2.48 bits per heavy atom.